The minimum atomic E-state index is 0.537. The summed E-state index contributed by atoms with van der Waals surface area (Å²) in [4.78, 5) is 2.38. The van der Waals surface area contributed by atoms with Crippen LogP contribution in [0.4, 0.5) is 0 Å². The summed E-state index contributed by atoms with van der Waals surface area (Å²) in [7, 11) is 2.19. The van der Waals surface area contributed by atoms with E-state index >= 15 is 0 Å². The van der Waals surface area contributed by atoms with Crippen LogP contribution in [-0.2, 0) is 6.54 Å². The second kappa shape index (κ2) is 7.46. The number of nitrogens with zero attached hydrogens (tertiary/aromatic N) is 1. The molecule has 100 valence electrons. The number of benzene rings is 2. The van der Waals surface area contributed by atoms with E-state index in [1.165, 1.54) is 11.1 Å². The number of hydrogen-bond donors (Lipinski definition) is 0. The molecule has 0 amide bonds. The Labute approximate surface area is 124 Å². The maximum atomic E-state index is 3.64. The standard InChI is InChI=1S/C17H20BrN/c1-19(13-15-8-4-2-5-9-15)14-17(12-18)16-10-6-3-7-11-16/h2-11,17H,12-14H2,1H3/t17-/m1/s1. The van der Waals surface area contributed by atoms with E-state index in [1.807, 2.05) is 0 Å². The van der Waals surface area contributed by atoms with E-state index in [1.54, 1.807) is 0 Å². The van der Waals surface area contributed by atoms with Gasteiger partial charge in [0, 0.05) is 24.3 Å². The Hall–Kier alpha value is -1.12. The molecule has 0 saturated heterocycles. The van der Waals surface area contributed by atoms with Gasteiger partial charge in [-0.15, -0.1) is 0 Å². The molecule has 0 unspecified atom stereocenters. The highest BCUT2D eigenvalue weighted by Gasteiger charge is 2.12. The third kappa shape index (κ3) is 4.48. The molecule has 0 fully saturated rings. The van der Waals surface area contributed by atoms with Crippen molar-refractivity contribution in [1.82, 2.24) is 4.90 Å². The Morgan fingerprint density at radius 1 is 0.947 bits per heavy atom. The fourth-order valence-electron chi connectivity index (χ4n) is 2.30. The maximum absolute atomic E-state index is 3.64. The van der Waals surface area contributed by atoms with Gasteiger partial charge in [-0.1, -0.05) is 76.6 Å². The number of alkyl halides is 1. The van der Waals surface area contributed by atoms with E-state index < -0.39 is 0 Å². The van der Waals surface area contributed by atoms with Crippen molar-refractivity contribution >= 4 is 15.9 Å². The third-order valence-corrected chi connectivity index (χ3v) is 4.07. The van der Waals surface area contributed by atoms with Gasteiger partial charge in [0.1, 0.15) is 0 Å². The second-order valence-corrected chi connectivity index (χ2v) is 5.59. The maximum Gasteiger partial charge on any atom is 0.0230 e. The van der Waals surface area contributed by atoms with Gasteiger partial charge in [0.15, 0.2) is 0 Å². The van der Waals surface area contributed by atoms with E-state index in [0.717, 1.165) is 18.4 Å². The third-order valence-electron chi connectivity index (χ3n) is 3.28. The summed E-state index contributed by atoms with van der Waals surface area (Å²) < 4.78 is 0. The van der Waals surface area contributed by atoms with E-state index in [9.17, 15) is 0 Å². The summed E-state index contributed by atoms with van der Waals surface area (Å²) >= 11 is 3.64. The molecule has 0 aromatic heterocycles. The molecule has 0 spiro atoms. The Balaban J connectivity index is 1.95. The molecule has 0 aliphatic rings. The van der Waals surface area contributed by atoms with Crippen LogP contribution in [0.3, 0.4) is 0 Å². The summed E-state index contributed by atoms with van der Waals surface area (Å²) in [5.74, 6) is 0.537. The number of halogens is 1. The molecular formula is C17H20BrN. The van der Waals surface area contributed by atoms with E-state index in [4.69, 9.17) is 0 Å². The van der Waals surface area contributed by atoms with Crippen molar-refractivity contribution < 1.29 is 0 Å². The van der Waals surface area contributed by atoms with Crippen LogP contribution in [0.5, 0.6) is 0 Å². The van der Waals surface area contributed by atoms with Gasteiger partial charge in [0.05, 0.1) is 0 Å². The van der Waals surface area contributed by atoms with Crippen molar-refractivity contribution in [2.45, 2.75) is 12.5 Å². The molecule has 2 rings (SSSR count). The zero-order valence-electron chi connectivity index (χ0n) is 11.3. The Bertz CT molecular complexity index is 469. The molecule has 0 saturated carbocycles. The first-order valence-electron chi connectivity index (χ1n) is 6.63. The molecule has 0 radical (unpaired) electrons. The lowest BCUT2D eigenvalue weighted by Crippen LogP contribution is -2.25. The molecular weight excluding hydrogens is 298 g/mol. The summed E-state index contributed by atoms with van der Waals surface area (Å²) in [6, 6.07) is 21.3. The molecule has 1 atom stereocenters. The molecule has 0 aliphatic carbocycles. The predicted molar refractivity (Wildman–Crippen MR) is 85.8 cm³/mol. The molecule has 0 aliphatic heterocycles. The molecule has 2 aromatic carbocycles. The van der Waals surface area contributed by atoms with Gasteiger partial charge < -0.3 is 4.90 Å². The fraction of sp³-hybridized carbons (Fsp3) is 0.294. The van der Waals surface area contributed by atoms with Crippen LogP contribution in [0.15, 0.2) is 60.7 Å². The fourth-order valence-corrected chi connectivity index (χ4v) is 2.88. The average molecular weight is 318 g/mol. The highest BCUT2D eigenvalue weighted by Crippen LogP contribution is 2.19. The van der Waals surface area contributed by atoms with Crippen molar-refractivity contribution in [3.63, 3.8) is 0 Å². The van der Waals surface area contributed by atoms with Gasteiger partial charge in [0.2, 0.25) is 0 Å². The Kier molecular flexibility index (Phi) is 5.62. The van der Waals surface area contributed by atoms with Crippen LogP contribution in [-0.4, -0.2) is 23.8 Å². The Morgan fingerprint density at radius 3 is 2.11 bits per heavy atom. The first-order chi connectivity index (χ1) is 9.29. The predicted octanol–water partition coefficient (Wildman–Crippen LogP) is 4.30. The minimum Gasteiger partial charge on any atom is -0.301 e. The molecule has 0 bridgehead atoms. The van der Waals surface area contributed by atoms with Gasteiger partial charge in [-0.3, -0.25) is 0 Å². The average Bonchev–Trinajstić information content (AvgIpc) is 2.47. The molecule has 0 heterocycles. The highest BCUT2D eigenvalue weighted by molar-refractivity contribution is 9.09. The Morgan fingerprint density at radius 2 is 1.53 bits per heavy atom. The van der Waals surface area contributed by atoms with E-state index in [0.29, 0.717) is 5.92 Å². The SMILES string of the molecule is CN(Cc1ccccc1)C[C@@H](CBr)c1ccccc1. The topological polar surface area (TPSA) is 3.24 Å². The van der Waals surface area contributed by atoms with E-state index in [-0.39, 0.29) is 0 Å². The van der Waals surface area contributed by atoms with E-state index in [2.05, 4.69) is 88.5 Å². The highest BCUT2D eigenvalue weighted by atomic mass is 79.9. The lowest BCUT2D eigenvalue weighted by molar-refractivity contribution is 0.311. The summed E-state index contributed by atoms with van der Waals surface area (Å²) in [5.41, 5.74) is 2.77. The smallest absolute Gasteiger partial charge is 0.0230 e. The first-order valence-corrected chi connectivity index (χ1v) is 7.75. The molecule has 2 heteroatoms. The summed E-state index contributed by atoms with van der Waals surface area (Å²) in [6.07, 6.45) is 0. The van der Waals surface area contributed by atoms with Crippen molar-refractivity contribution in [1.29, 1.82) is 0 Å². The van der Waals surface area contributed by atoms with Gasteiger partial charge in [0.25, 0.3) is 0 Å². The number of rotatable bonds is 6. The molecule has 0 N–H and O–H groups in total. The van der Waals surface area contributed by atoms with Crippen molar-refractivity contribution in [3.8, 4) is 0 Å². The summed E-state index contributed by atoms with van der Waals surface area (Å²) in [6.45, 7) is 2.06. The van der Waals surface area contributed by atoms with Crippen LogP contribution in [0.1, 0.15) is 17.0 Å². The number of hydrogen-bond acceptors (Lipinski definition) is 1. The lowest BCUT2D eigenvalue weighted by atomic mass is 10.0. The van der Waals surface area contributed by atoms with Crippen LogP contribution in [0.25, 0.3) is 0 Å². The lowest BCUT2D eigenvalue weighted by Gasteiger charge is -2.23. The zero-order chi connectivity index (χ0) is 13.5. The second-order valence-electron chi connectivity index (χ2n) is 4.94. The van der Waals surface area contributed by atoms with Gasteiger partial charge >= 0.3 is 0 Å². The minimum absolute atomic E-state index is 0.537. The quantitative estimate of drug-likeness (QED) is 0.718. The van der Waals surface area contributed by atoms with Gasteiger partial charge in [-0.25, -0.2) is 0 Å². The monoisotopic (exact) mass is 317 g/mol. The first kappa shape index (κ1) is 14.3. The van der Waals surface area contributed by atoms with Crippen LogP contribution < -0.4 is 0 Å². The number of likely N-dealkylation sites (N-methyl/N-ethyl adjacent to an activating group) is 1. The van der Waals surface area contributed by atoms with Crippen molar-refractivity contribution in [3.05, 3.63) is 71.8 Å². The zero-order valence-corrected chi connectivity index (χ0v) is 12.9. The normalized spacial score (nSPS) is 12.6. The van der Waals surface area contributed by atoms with Crippen molar-refractivity contribution in [2.75, 3.05) is 18.9 Å². The van der Waals surface area contributed by atoms with Crippen LogP contribution >= 0.6 is 15.9 Å². The van der Waals surface area contributed by atoms with Gasteiger partial charge in [-0.05, 0) is 18.2 Å². The largest absolute Gasteiger partial charge is 0.301 e. The summed E-state index contributed by atoms with van der Waals surface area (Å²) in [5, 5.41) is 0.996. The molecule has 2 aromatic rings. The van der Waals surface area contributed by atoms with Crippen LogP contribution in [0, 0.1) is 0 Å². The van der Waals surface area contributed by atoms with Crippen LogP contribution in [0.2, 0.25) is 0 Å². The molecule has 19 heavy (non-hydrogen) atoms. The molecule has 1 nitrogen and oxygen atoms in total. The van der Waals surface area contributed by atoms with Crippen molar-refractivity contribution in [2.24, 2.45) is 0 Å². The van der Waals surface area contributed by atoms with Gasteiger partial charge in [-0.2, -0.15) is 0 Å².